The third-order valence-corrected chi connectivity index (χ3v) is 5.61. The number of pyridine rings is 2. The van der Waals surface area contributed by atoms with Crippen LogP contribution in [0.3, 0.4) is 0 Å². The van der Waals surface area contributed by atoms with Crippen LogP contribution in [0.4, 0.5) is 0 Å². The van der Waals surface area contributed by atoms with Gasteiger partial charge in [-0.3, -0.25) is 9.97 Å². The van der Waals surface area contributed by atoms with Gasteiger partial charge in [-0.1, -0.05) is 72.8 Å². The van der Waals surface area contributed by atoms with Crippen LogP contribution in [-0.2, 0) is 6.42 Å². The van der Waals surface area contributed by atoms with Gasteiger partial charge in [0, 0.05) is 23.2 Å². The van der Waals surface area contributed by atoms with Crippen LogP contribution in [0.15, 0.2) is 104 Å². The summed E-state index contributed by atoms with van der Waals surface area (Å²) in [5, 5.41) is 2.25. The van der Waals surface area contributed by atoms with Gasteiger partial charge in [0.2, 0.25) is 0 Å². The predicted molar refractivity (Wildman–Crippen MR) is 126 cm³/mol. The molecule has 2 heterocycles. The van der Waals surface area contributed by atoms with Crippen molar-refractivity contribution >= 4 is 21.8 Å². The lowest BCUT2D eigenvalue weighted by Gasteiger charge is -2.11. The first kappa shape index (κ1) is 18.3. The van der Waals surface area contributed by atoms with Gasteiger partial charge in [0.05, 0.1) is 11.0 Å². The second kappa shape index (κ2) is 7.92. The van der Waals surface area contributed by atoms with E-state index in [1.54, 1.807) is 0 Å². The van der Waals surface area contributed by atoms with Crippen LogP contribution >= 0.6 is 0 Å². The standard InChI is InChI=1S/C28H22N2/c1-2-3-7-20-10-12-22(13-11-20)24-17-19-30-28-26(24)15-14-25-23(16-18-29-27(25)28)21-8-5-4-6-9-21/h2,4-6,8-19H,1,3,7H2. The van der Waals surface area contributed by atoms with Gasteiger partial charge in [-0.25, -0.2) is 0 Å². The van der Waals surface area contributed by atoms with E-state index in [1.807, 2.05) is 24.5 Å². The van der Waals surface area contributed by atoms with Crippen molar-refractivity contribution < 1.29 is 0 Å². The Morgan fingerprint density at radius 1 is 0.633 bits per heavy atom. The first-order chi connectivity index (χ1) is 14.8. The van der Waals surface area contributed by atoms with Crippen molar-refractivity contribution in [3.63, 3.8) is 0 Å². The fraction of sp³-hybridized carbons (Fsp3) is 0.0714. The molecule has 0 fully saturated rings. The van der Waals surface area contributed by atoms with Crippen molar-refractivity contribution in [3.8, 4) is 22.3 Å². The highest BCUT2D eigenvalue weighted by Crippen LogP contribution is 2.34. The number of aromatic nitrogens is 2. The average molecular weight is 386 g/mol. The molecule has 0 bridgehead atoms. The molecule has 5 aromatic rings. The molecule has 30 heavy (non-hydrogen) atoms. The summed E-state index contributed by atoms with van der Waals surface area (Å²) in [5.41, 5.74) is 7.97. The lowest BCUT2D eigenvalue weighted by molar-refractivity contribution is 1.00. The number of allylic oxidation sites excluding steroid dienone is 1. The van der Waals surface area contributed by atoms with E-state index in [1.165, 1.54) is 27.8 Å². The molecule has 0 aliphatic heterocycles. The summed E-state index contributed by atoms with van der Waals surface area (Å²) < 4.78 is 0. The maximum Gasteiger partial charge on any atom is 0.0970 e. The summed E-state index contributed by atoms with van der Waals surface area (Å²) in [5.74, 6) is 0. The molecule has 0 spiro atoms. The number of benzene rings is 3. The third-order valence-electron chi connectivity index (χ3n) is 5.61. The number of aryl methyl sites for hydroxylation is 1. The fourth-order valence-corrected chi connectivity index (χ4v) is 4.07. The number of hydrogen-bond acceptors (Lipinski definition) is 2. The molecule has 0 aliphatic rings. The fourth-order valence-electron chi connectivity index (χ4n) is 4.07. The van der Waals surface area contributed by atoms with E-state index in [-0.39, 0.29) is 0 Å². The third kappa shape index (κ3) is 3.27. The number of rotatable bonds is 5. The van der Waals surface area contributed by atoms with E-state index < -0.39 is 0 Å². The van der Waals surface area contributed by atoms with Crippen LogP contribution in [0.1, 0.15) is 12.0 Å². The maximum absolute atomic E-state index is 4.71. The van der Waals surface area contributed by atoms with Crippen molar-refractivity contribution in [3.05, 3.63) is 109 Å². The molecule has 5 rings (SSSR count). The molecule has 144 valence electrons. The van der Waals surface area contributed by atoms with Gasteiger partial charge in [0.15, 0.2) is 0 Å². The van der Waals surface area contributed by atoms with E-state index in [4.69, 9.17) is 9.97 Å². The van der Waals surface area contributed by atoms with Crippen molar-refractivity contribution in [2.45, 2.75) is 12.8 Å². The summed E-state index contributed by atoms with van der Waals surface area (Å²) in [6.45, 7) is 3.81. The molecule has 0 saturated heterocycles. The SMILES string of the molecule is C=CCCc1ccc(-c2ccnc3c2ccc2c(-c4ccccc4)ccnc23)cc1. The zero-order valence-electron chi connectivity index (χ0n) is 16.8. The van der Waals surface area contributed by atoms with E-state index in [9.17, 15) is 0 Å². The van der Waals surface area contributed by atoms with Crippen molar-refractivity contribution in [1.82, 2.24) is 9.97 Å². The highest BCUT2D eigenvalue weighted by molar-refractivity contribution is 6.11. The largest absolute Gasteiger partial charge is 0.254 e. The number of fused-ring (bicyclic) bond motifs is 3. The molecule has 0 N–H and O–H groups in total. The molecule has 0 aliphatic carbocycles. The summed E-state index contributed by atoms with van der Waals surface area (Å²) in [6, 6.07) is 27.8. The smallest absolute Gasteiger partial charge is 0.0970 e. The Labute approximate surface area is 176 Å². The minimum absolute atomic E-state index is 0.943. The topological polar surface area (TPSA) is 25.8 Å². The molecule has 0 radical (unpaired) electrons. The molecular weight excluding hydrogens is 364 g/mol. The van der Waals surface area contributed by atoms with Crippen molar-refractivity contribution in [1.29, 1.82) is 0 Å². The van der Waals surface area contributed by atoms with Crippen molar-refractivity contribution in [2.75, 3.05) is 0 Å². The zero-order valence-corrected chi connectivity index (χ0v) is 16.8. The Kier molecular flexibility index (Phi) is 4.82. The first-order valence-electron chi connectivity index (χ1n) is 10.3. The highest BCUT2D eigenvalue weighted by Gasteiger charge is 2.11. The maximum atomic E-state index is 4.71. The Morgan fingerprint density at radius 3 is 1.77 bits per heavy atom. The van der Waals surface area contributed by atoms with Gasteiger partial charge in [0.25, 0.3) is 0 Å². The Hall–Kier alpha value is -3.78. The molecule has 2 heteroatoms. The summed E-state index contributed by atoms with van der Waals surface area (Å²) >= 11 is 0. The summed E-state index contributed by atoms with van der Waals surface area (Å²) in [7, 11) is 0. The van der Waals surface area contributed by atoms with Crippen LogP contribution in [0.5, 0.6) is 0 Å². The predicted octanol–water partition coefficient (Wildman–Crippen LogP) is 7.24. The molecule has 0 unspecified atom stereocenters. The van der Waals surface area contributed by atoms with E-state index in [0.29, 0.717) is 0 Å². The molecule has 2 nitrogen and oxygen atoms in total. The molecule has 0 atom stereocenters. The highest BCUT2D eigenvalue weighted by atomic mass is 14.7. The zero-order chi connectivity index (χ0) is 20.3. The lowest BCUT2D eigenvalue weighted by Crippen LogP contribution is -1.91. The van der Waals surface area contributed by atoms with Gasteiger partial charge in [-0.05, 0) is 52.8 Å². The van der Waals surface area contributed by atoms with Gasteiger partial charge in [-0.2, -0.15) is 0 Å². The van der Waals surface area contributed by atoms with Gasteiger partial charge in [0.1, 0.15) is 0 Å². The van der Waals surface area contributed by atoms with Crippen LogP contribution in [0, 0.1) is 0 Å². The Morgan fingerprint density at radius 2 is 1.20 bits per heavy atom. The van der Waals surface area contributed by atoms with Gasteiger partial charge in [-0.15, -0.1) is 6.58 Å². The van der Waals surface area contributed by atoms with E-state index >= 15 is 0 Å². The molecule has 0 amide bonds. The van der Waals surface area contributed by atoms with Crippen LogP contribution < -0.4 is 0 Å². The summed E-state index contributed by atoms with van der Waals surface area (Å²) in [4.78, 5) is 9.42. The molecule has 3 aromatic carbocycles. The Balaban J connectivity index is 1.66. The summed E-state index contributed by atoms with van der Waals surface area (Å²) in [6.07, 6.45) is 7.76. The first-order valence-corrected chi connectivity index (χ1v) is 10.3. The monoisotopic (exact) mass is 386 g/mol. The molecule has 2 aromatic heterocycles. The van der Waals surface area contributed by atoms with Crippen LogP contribution in [0.25, 0.3) is 44.1 Å². The van der Waals surface area contributed by atoms with Crippen LogP contribution in [-0.4, -0.2) is 9.97 Å². The number of nitrogens with zero attached hydrogens (tertiary/aromatic N) is 2. The minimum Gasteiger partial charge on any atom is -0.254 e. The minimum atomic E-state index is 0.943. The molecule has 0 saturated carbocycles. The number of hydrogen-bond donors (Lipinski definition) is 0. The van der Waals surface area contributed by atoms with Gasteiger partial charge < -0.3 is 0 Å². The van der Waals surface area contributed by atoms with E-state index in [2.05, 4.69) is 79.4 Å². The molecular formula is C28H22N2. The second-order valence-corrected chi connectivity index (χ2v) is 7.47. The van der Waals surface area contributed by atoms with Crippen molar-refractivity contribution in [2.24, 2.45) is 0 Å². The lowest BCUT2D eigenvalue weighted by atomic mass is 9.96. The van der Waals surface area contributed by atoms with Crippen LogP contribution in [0.2, 0.25) is 0 Å². The van der Waals surface area contributed by atoms with Gasteiger partial charge >= 0.3 is 0 Å². The Bertz CT molecular complexity index is 1340. The van der Waals surface area contributed by atoms with E-state index in [0.717, 1.165) is 34.6 Å². The quantitative estimate of drug-likeness (QED) is 0.235. The normalized spacial score (nSPS) is 11.1. The second-order valence-electron chi connectivity index (χ2n) is 7.47. The average Bonchev–Trinajstić information content (AvgIpc) is 2.82.